The number of hydrogen-bond acceptors (Lipinski definition) is 8. The zero-order chi connectivity index (χ0) is 20.9. The van der Waals surface area contributed by atoms with Gasteiger partial charge in [0.05, 0.1) is 32.0 Å². The van der Waals surface area contributed by atoms with Gasteiger partial charge in [-0.3, -0.25) is 4.79 Å². The molecule has 4 rings (SSSR count). The summed E-state index contributed by atoms with van der Waals surface area (Å²) in [6.07, 6.45) is 3.14. The van der Waals surface area contributed by atoms with E-state index in [1.807, 2.05) is 18.2 Å². The molecule has 0 unspecified atom stereocenters. The molecule has 1 saturated heterocycles. The van der Waals surface area contributed by atoms with Gasteiger partial charge in [-0.25, -0.2) is 15.0 Å². The molecule has 1 aliphatic heterocycles. The summed E-state index contributed by atoms with van der Waals surface area (Å²) in [7, 11) is 1.51. The second-order valence-electron chi connectivity index (χ2n) is 6.69. The molecule has 0 radical (unpaired) electrons. The molecule has 1 amide bonds. The van der Waals surface area contributed by atoms with Crippen molar-refractivity contribution in [3.05, 3.63) is 53.6 Å². The predicted molar refractivity (Wildman–Crippen MR) is 109 cm³/mol. The van der Waals surface area contributed by atoms with Crippen LogP contribution in [0.2, 0.25) is 0 Å². The Morgan fingerprint density at radius 3 is 2.77 bits per heavy atom. The molecule has 0 saturated carbocycles. The molecule has 0 aliphatic carbocycles. The third kappa shape index (κ3) is 3.99. The quantitative estimate of drug-likeness (QED) is 0.683. The molecule has 9 heteroatoms. The van der Waals surface area contributed by atoms with E-state index < -0.39 is 0 Å². The molecule has 3 aromatic rings. The van der Waals surface area contributed by atoms with E-state index in [0.29, 0.717) is 30.2 Å². The monoisotopic (exact) mass is 404 g/mol. The van der Waals surface area contributed by atoms with Crippen molar-refractivity contribution < 1.29 is 14.3 Å². The number of pyridine rings is 3. The predicted octanol–water partition coefficient (Wildman–Crippen LogP) is 1.67. The number of hydrogen-bond donors (Lipinski definition) is 1. The highest BCUT2D eigenvalue weighted by molar-refractivity contribution is 6.01. The lowest BCUT2D eigenvalue weighted by molar-refractivity contribution is 0.0943. The fraction of sp³-hybridized carbons (Fsp3) is 0.286. The molecule has 0 spiro atoms. The van der Waals surface area contributed by atoms with Crippen LogP contribution < -0.4 is 15.0 Å². The van der Waals surface area contributed by atoms with Gasteiger partial charge in [-0.2, -0.15) is 5.26 Å². The Labute approximate surface area is 173 Å². The lowest BCUT2D eigenvalue weighted by Gasteiger charge is -2.28. The minimum atomic E-state index is -0.365. The standard InChI is InChI=1S/C21H20N6O3/c1-29-20-16-4-5-18(27-6-8-30-9-7-27)26-17(16)13-24-19(20)21(28)25-12-14-2-3-15(10-22)23-11-14/h2-5,11,13H,6-9,12H2,1H3,(H,25,28). The topological polar surface area (TPSA) is 113 Å². The van der Waals surface area contributed by atoms with E-state index in [-0.39, 0.29) is 18.1 Å². The maximum Gasteiger partial charge on any atom is 0.274 e. The number of methoxy groups -OCH3 is 1. The number of morpholine rings is 1. The Morgan fingerprint density at radius 2 is 2.07 bits per heavy atom. The first-order chi connectivity index (χ1) is 14.7. The van der Waals surface area contributed by atoms with Gasteiger partial charge in [0.25, 0.3) is 5.91 Å². The van der Waals surface area contributed by atoms with E-state index in [1.165, 1.54) is 7.11 Å². The number of carbonyl (C=O) groups is 1. The molecule has 1 aliphatic rings. The molecule has 152 valence electrons. The summed E-state index contributed by atoms with van der Waals surface area (Å²) in [5.41, 5.74) is 1.95. The van der Waals surface area contributed by atoms with Gasteiger partial charge in [-0.1, -0.05) is 6.07 Å². The largest absolute Gasteiger partial charge is 0.494 e. The van der Waals surface area contributed by atoms with Crippen LogP contribution in [0.5, 0.6) is 5.75 Å². The van der Waals surface area contributed by atoms with Crippen molar-refractivity contribution in [2.45, 2.75) is 6.54 Å². The number of ether oxygens (including phenoxy) is 2. The van der Waals surface area contributed by atoms with Crippen LogP contribution in [-0.2, 0) is 11.3 Å². The average Bonchev–Trinajstić information content (AvgIpc) is 2.82. The second kappa shape index (κ2) is 8.71. The van der Waals surface area contributed by atoms with Crippen LogP contribution in [0.25, 0.3) is 10.9 Å². The Bertz CT molecular complexity index is 1100. The summed E-state index contributed by atoms with van der Waals surface area (Å²) < 4.78 is 10.9. The molecule has 3 aromatic heterocycles. The third-order valence-corrected chi connectivity index (χ3v) is 4.83. The molecule has 0 bridgehead atoms. The number of anilines is 1. The molecular weight excluding hydrogens is 384 g/mol. The summed E-state index contributed by atoms with van der Waals surface area (Å²) in [5.74, 6) is 0.861. The SMILES string of the molecule is COc1c(C(=O)NCc2ccc(C#N)nc2)ncc2nc(N3CCOCC3)ccc12. The van der Waals surface area contributed by atoms with E-state index in [4.69, 9.17) is 14.7 Å². The molecule has 0 atom stereocenters. The highest BCUT2D eigenvalue weighted by atomic mass is 16.5. The highest BCUT2D eigenvalue weighted by Crippen LogP contribution is 2.29. The number of aromatic nitrogens is 3. The third-order valence-electron chi connectivity index (χ3n) is 4.83. The lowest BCUT2D eigenvalue weighted by atomic mass is 10.2. The fourth-order valence-electron chi connectivity index (χ4n) is 3.26. The zero-order valence-electron chi connectivity index (χ0n) is 16.5. The maximum absolute atomic E-state index is 12.7. The van der Waals surface area contributed by atoms with Crippen molar-refractivity contribution in [3.8, 4) is 11.8 Å². The smallest absolute Gasteiger partial charge is 0.274 e. The van der Waals surface area contributed by atoms with E-state index in [9.17, 15) is 4.79 Å². The van der Waals surface area contributed by atoms with Gasteiger partial charge in [-0.15, -0.1) is 0 Å². The van der Waals surface area contributed by atoms with Crippen LogP contribution in [0.4, 0.5) is 5.82 Å². The molecule has 1 fully saturated rings. The van der Waals surface area contributed by atoms with Crippen LogP contribution in [0.15, 0.2) is 36.7 Å². The first-order valence-electron chi connectivity index (χ1n) is 9.49. The van der Waals surface area contributed by atoms with Gasteiger partial charge >= 0.3 is 0 Å². The zero-order valence-corrected chi connectivity index (χ0v) is 16.5. The van der Waals surface area contributed by atoms with Crippen molar-refractivity contribution in [3.63, 3.8) is 0 Å². The molecule has 0 aromatic carbocycles. The van der Waals surface area contributed by atoms with Crippen LogP contribution in [0.3, 0.4) is 0 Å². The van der Waals surface area contributed by atoms with Gasteiger partial charge in [0.1, 0.15) is 17.6 Å². The van der Waals surface area contributed by atoms with E-state index in [1.54, 1.807) is 24.5 Å². The summed E-state index contributed by atoms with van der Waals surface area (Å²) in [5, 5.41) is 12.3. The number of fused-ring (bicyclic) bond motifs is 1. The van der Waals surface area contributed by atoms with E-state index in [2.05, 4.69) is 25.2 Å². The van der Waals surface area contributed by atoms with Crippen molar-refractivity contribution in [1.29, 1.82) is 5.26 Å². The first-order valence-corrected chi connectivity index (χ1v) is 9.49. The fourth-order valence-corrected chi connectivity index (χ4v) is 3.26. The number of amides is 1. The van der Waals surface area contributed by atoms with Crippen molar-refractivity contribution in [1.82, 2.24) is 20.3 Å². The van der Waals surface area contributed by atoms with Crippen LogP contribution in [0, 0.1) is 11.3 Å². The van der Waals surface area contributed by atoms with Crippen molar-refractivity contribution in [2.24, 2.45) is 0 Å². The highest BCUT2D eigenvalue weighted by Gasteiger charge is 2.19. The second-order valence-corrected chi connectivity index (χ2v) is 6.69. The molecular formula is C21H20N6O3. The number of nitrogens with one attached hydrogen (secondary N) is 1. The summed E-state index contributed by atoms with van der Waals surface area (Å²) >= 11 is 0. The summed E-state index contributed by atoms with van der Waals surface area (Å²) in [6.45, 7) is 3.18. The van der Waals surface area contributed by atoms with Crippen LogP contribution >= 0.6 is 0 Å². The summed E-state index contributed by atoms with van der Waals surface area (Å²) in [6, 6.07) is 9.13. The van der Waals surface area contributed by atoms with Crippen molar-refractivity contribution >= 4 is 22.6 Å². The van der Waals surface area contributed by atoms with Gasteiger partial charge < -0.3 is 19.7 Å². The number of nitrogens with zero attached hydrogens (tertiary/aromatic N) is 5. The number of nitriles is 1. The van der Waals surface area contributed by atoms with Gasteiger partial charge in [0.15, 0.2) is 11.4 Å². The Kier molecular flexibility index (Phi) is 5.68. The van der Waals surface area contributed by atoms with E-state index in [0.717, 1.165) is 29.9 Å². The average molecular weight is 404 g/mol. The Balaban J connectivity index is 1.55. The van der Waals surface area contributed by atoms with Crippen LogP contribution in [0.1, 0.15) is 21.7 Å². The van der Waals surface area contributed by atoms with Crippen LogP contribution in [-0.4, -0.2) is 54.3 Å². The molecule has 4 heterocycles. The molecule has 1 N–H and O–H groups in total. The van der Waals surface area contributed by atoms with Gasteiger partial charge in [0, 0.05) is 31.2 Å². The molecule has 30 heavy (non-hydrogen) atoms. The Morgan fingerprint density at radius 1 is 1.23 bits per heavy atom. The normalized spacial score (nSPS) is 13.7. The number of rotatable bonds is 5. The summed E-state index contributed by atoms with van der Waals surface area (Å²) in [4.78, 5) is 27.8. The number of carbonyl (C=O) groups excluding carboxylic acids is 1. The lowest BCUT2D eigenvalue weighted by Crippen LogP contribution is -2.36. The minimum absolute atomic E-state index is 0.188. The minimum Gasteiger partial charge on any atom is -0.494 e. The first kappa shape index (κ1) is 19.5. The van der Waals surface area contributed by atoms with Gasteiger partial charge in [0.2, 0.25) is 0 Å². The Hall–Kier alpha value is -3.77. The van der Waals surface area contributed by atoms with Crippen molar-refractivity contribution in [2.75, 3.05) is 38.3 Å². The van der Waals surface area contributed by atoms with Gasteiger partial charge in [-0.05, 0) is 23.8 Å². The van der Waals surface area contributed by atoms with E-state index >= 15 is 0 Å². The maximum atomic E-state index is 12.7. The molecule has 9 nitrogen and oxygen atoms in total.